The van der Waals surface area contributed by atoms with Crippen molar-refractivity contribution in [1.82, 2.24) is 9.21 Å². The molecule has 1 fully saturated rings. The van der Waals surface area contributed by atoms with Gasteiger partial charge in [-0.15, -0.1) is 0 Å². The van der Waals surface area contributed by atoms with Crippen molar-refractivity contribution in [3.05, 3.63) is 29.8 Å². The highest BCUT2D eigenvalue weighted by atomic mass is 32.2. The van der Waals surface area contributed by atoms with Gasteiger partial charge in [0.15, 0.2) is 0 Å². The zero-order valence-electron chi connectivity index (χ0n) is 12.5. The molecule has 0 N–H and O–H groups in total. The quantitative estimate of drug-likeness (QED) is 0.803. The van der Waals surface area contributed by atoms with Crippen molar-refractivity contribution in [1.29, 1.82) is 5.26 Å². The molecule has 22 heavy (non-hydrogen) atoms. The first-order chi connectivity index (χ1) is 10.4. The fraction of sp³-hybridized carbons (Fsp3) is 0.467. The van der Waals surface area contributed by atoms with Gasteiger partial charge >= 0.3 is 0 Å². The summed E-state index contributed by atoms with van der Waals surface area (Å²) in [4.78, 5) is 13.2. The second-order valence-corrected chi connectivity index (χ2v) is 7.21. The summed E-state index contributed by atoms with van der Waals surface area (Å²) >= 11 is 0. The molecule has 1 aliphatic rings. The number of carbonyl (C=O) groups excluding carboxylic acids is 1. The summed E-state index contributed by atoms with van der Waals surface area (Å²) in [6, 6.07) is 8.18. The third kappa shape index (κ3) is 3.71. The summed E-state index contributed by atoms with van der Waals surface area (Å²) < 4.78 is 26.7. The number of ketones is 1. The largest absolute Gasteiger partial charge is 0.300 e. The lowest BCUT2D eigenvalue weighted by molar-refractivity contribution is -0.117. The molecule has 1 aromatic carbocycles. The summed E-state index contributed by atoms with van der Waals surface area (Å²) in [6.45, 7) is 4.17. The molecule has 0 aliphatic carbocycles. The zero-order valence-corrected chi connectivity index (χ0v) is 13.3. The Bertz CT molecular complexity index is 686. The Kier molecular flexibility index (Phi) is 5.29. The lowest BCUT2D eigenvalue weighted by atomic mass is 10.2. The van der Waals surface area contributed by atoms with Crippen LogP contribution in [-0.2, 0) is 14.8 Å². The molecule has 0 radical (unpaired) electrons. The minimum atomic E-state index is -3.64. The molecule has 0 unspecified atom stereocenters. The van der Waals surface area contributed by atoms with Gasteiger partial charge < -0.3 is 4.90 Å². The van der Waals surface area contributed by atoms with E-state index < -0.39 is 10.0 Å². The summed E-state index contributed by atoms with van der Waals surface area (Å²) in [5.41, 5.74) is 0.168. The Morgan fingerprint density at radius 2 is 1.86 bits per heavy atom. The van der Waals surface area contributed by atoms with Gasteiger partial charge in [0, 0.05) is 39.1 Å². The van der Waals surface area contributed by atoms with Gasteiger partial charge in [-0.1, -0.05) is 12.1 Å². The van der Waals surface area contributed by atoms with Gasteiger partial charge in [0.2, 0.25) is 10.0 Å². The van der Waals surface area contributed by atoms with Crippen molar-refractivity contribution in [2.45, 2.75) is 18.2 Å². The van der Waals surface area contributed by atoms with Gasteiger partial charge in [0.1, 0.15) is 11.9 Å². The lowest BCUT2D eigenvalue weighted by Gasteiger charge is -2.33. The third-order valence-corrected chi connectivity index (χ3v) is 5.69. The SMILES string of the molecule is CC(=O)CCN1CCN(S(=O)(=O)c2ccccc2C#N)CC1. The first-order valence-corrected chi connectivity index (χ1v) is 8.60. The van der Waals surface area contributed by atoms with E-state index in [9.17, 15) is 13.2 Å². The molecule has 6 nitrogen and oxygen atoms in total. The molecule has 1 heterocycles. The maximum absolute atomic E-state index is 12.6. The van der Waals surface area contributed by atoms with Crippen molar-refractivity contribution in [3.8, 4) is 6.07 Å². The van der Waals surface area contributed by atoms with E-state index in [1.54, 1.807) is 19.1 Å². The van der Waals surface area contributed by atoms with E-state index in [0.717, 1.165) is 0 Å². The van der Waals surface area contributed by atoms with Crippen LogP contribution in [0.5, 0.6) is 0 Å². The highest BCUT2D eigenvalue weighted by Crippen LogP contribution is 2.21. The molecule has 1 saturated heterocycles. The molecule has 0 bridgehead atoms. The first kappa shape index (κ1) is 16.6. The predicted molar refractivity (Wildman–Crippen MR) is 81.7 cm³/mol. The fourth-order valence-electron chi connectivity index (χ4n) is 2.43. The van der Waals surface area contributed by atoms with Crippen LogP contribution in [0.15, 0.2) is 29.2 Å². The average molecular weight is 321 g/mol. The van der Waals surface area contributed by atoms with Crippen LogP contribution < -0.4 is 0 Å². The molecular weight excluding hydrogens is 302 g/mol. The van der Waals surface area contributed by atoms with E-state index in [-0.39, 0.29) is 16.2 Å². The van der Waals surface area contributed by atoms with Crippen LogP contribution in [0.2, 0.25) is 0 Å². The van der Waals surface area contributed by atoms with Crippen LogP contribution in [-0.4, -0.2) is 56.1 Å². The number of piperazine rings is 1. The molecule has 0 spiro atoms. The van der Waals surface area contributed by atoms with Gasteiger partial charge in [0.05, 0.1) is 10.5 Å². The molecular formula is C15H19N3O3S. The third-order valence-electron chi connectivity index (χ3n) is 3.74. The van der Waals surface area contributed by atoms with E-state index in [1.165, 1.54) is 16.4 Å². The van der Waals surface area contributed by atoms with Crippen LogP contribution >= 0.6 is 0 Å². The van der Waals surface area contributed by atoms with E-state index in [1.807, 2.05) is 6.07 Å². The van der Waals surface area contributed by atoms with Gasteiger partial charge in [-0.25, -0.2) is 8.42 Å². The molecule has 0 aromatic heterocycles. The van der Waals surface area contributed by atoms with Crippen LogP contribution in [0.25, 0.3) is 0 Å². The molecule has 7 heteroatoms. The van der Waals surface area contributed by atoms with Gasteiger partial charge in [-0.3, -0.25) is 4.79 Å². The van der Waals surface area contributed by atoms with Crippen LogP contribution in [0.4, 0.5) is 0 Å². The van der Waals surface area contributed by atoms with Crippen LogP contribution in [0.1, 0.15) is 18.9 Å². The number of rotatable bonds is 5. The molecule has 1 aliphatic heterocycles. The standard InChI is InChI=1S/C15H19N3O3S/c1-13(19)6-7-17-8-10-18(11-9-17)22(20,21)15-5-3-2-4-14(15)12-16/h2-5H,6-11H2,1H3. The summed E-state index contributed by atoms with van der Waals surface area (Å²) in [5.74, 6) is 0.137. The Morgan fingerprint density at radius 3 is 2.45 bits per heavy atom. The monoisotopic (exact) mass is 321 g/mol. The topological polar surface area (TPSA) is 81.5 Å². The van der Waals surface area contributed by atoms with Crippen molar-refractivity contribution in [2.24, 2.45) is 0 Å². The fourth-order valence-corrected chi connectivity index (χ4v) is 4.00. The summed E-state index contributed by atoms with van der Waals surface area (Å²) in [5, 5.41) is 9.07. The van der Waals surface area contributed by atoms with Crippen molar-refractivity contribution >= 4 is 15.8 Å². The van der Waals surface area contributed by atoms with E-state index in [2.05, 4.69) is 4.90 Å². The maximum Gasteiger partial charge on any atom is 0.244 e. The number of sulfonamides is 1. The minimum absolute atomic E-state index is 0.0645. The predicted octanol–water partition coefficient (Wildman–Crippen LogP) is 0.844. The summed E-state index contributed by atoms with van der Waals surface area (Å²) in [6.07, 6.45) is 0.490. The number of benzene rings is 1. The van der Waals surface area contributed by atoms with Gasteiger partial charge in [0.25, 0.3) is 0 Å². The lowest BCUT2D eigenvalue weighted by Crippen LogP contribution is -2.49. The van der Waals surface area contributed by atoms with Gasteiger partial charge in [-0.05, 0) is 19.1 Å². The number of carbonyl (C=O) groups is 1. The normalized spacial score (nSPS) is 17.1. The first-order valence-electron chi connectivity index (χ1n) is 7.16. The van der Waals surface area contributed by atoms with E-state index in [0.29, 0.717) is 39.1 Å². The number of hydrogen-bond donors (Lipinski definition) is 0. The zero-order chi connectivity index (χ0) is 16.2. The number of nitriles is 1. The Hall–Kier alpha value is -1.75. The van der Waals surface area contributed by atoms with Crippen molar-refractivity contribution in [2.75, 3.05) is 32.7 Å². The van der Waals surface area contributed by atoms with Gasteiger partial charge in [-0.2, -0.15) is 9.57 Å². The molecule has 0 saturated carbocycles. The highest BCUT2D eigenvalue weighted by molar-refractivity contribution is 7.89. The molecule has 118 valence electrons. The number of nitrogens with zero attached hydrogens (tertiary/aromatic N) is 3. The Balaban J connectivity index is 2.07. The maximum atomic E-state index is 12.6. The van der Waals surface area contributed by atoms with E-state index >= 15 is 0 Å². The van der Waals surface area contributed by atoms with Crippen LogP contribution in [0.3, 0.4) is 0 Å². The average Bonchev–Trinajstić information content (AvgIpc) is 2.53. The van der Waals surface area contributed by atoms with E-state index in [4.69, 9.17) is 5.26 Å². The molecule has 1 aromatic rings. The molecule has 0 amide bonds. The smallest absolute Gasteiger partial charge is 0.244 e. The van der Waals surface area contributed by atoms with Crippen molar-refractivity contribution in [3.63, 3.8) is 0 Å². The molecule has 2 rings (SSSR count). The minimum Gasteiger partial charge on any atom is -0.300 e. The number of Topliss-reactive ketones (excluding diaryl/α,β-unsaturated/α-hetero) is 1. The van der Waals surface area contributed by atoms with Crippen LogP contribution in [0, 0.1) is 11.3 Å². The number of hydrogen-bond acceptors (Lipinski definition) is 5. The second-order valence-electron chi connectivity index (χ2n) is 5.31. The highest BCUT2D eigenvalue weighted by Gasteiger charge is 2.30. The second kappa shape index (κ2) is 7.01. The Morgan fingerprint density at radius 1 is 1.23 bits per heavy atom. The Labute approximate surface area is 131 Å². The summed E-state index contributed by atoms with van der Waals surface area (Å²) in [7, 11) is -3.64. The van der Waals surface area contributed by atoms with Crippen molar-refractivity contribution < 1.29 is 13.2 Å². The molecule has 0 atom stereocenters.